The fourth-order valence-electron chi connectivity index (χ4n) is 2.87. The molecule has 0 N–H and O–H groups in total. The van der Waals surface area contributed by atoms with E-state index in [4.69, 9.17) is 0 Å². The number of aromatic nitrogens is 1. The molecule has 0 bridgehead atoms. The van der Waals surface area contributed by atoms with Crippen LogP contribution in [0, 0.1) is 6.92 Å². The largest absolute Gasteiger partial charge is 0.346 e. The lowest BCUT2D eigenvalue weighted by Crippen LogP contribution is -2.40. The molecule has 2 aromatic rings. The number of benzene rings is 1. The third kappa shape index (κ3) is 2.45. The molecule has 6 heteroatoms. The second kappa shape index (κ2) is 5.26. The first-order valence-corrected chi connectivity index (χ1v) is 9.08. The van der Waals surface area contributed by atoms with Crippen molar-refractivity contribution < 1.29 is 8.42 Å². The van der Waals surface area contributed by atoms with Crippen molar-refractivity contribution in [2.24, 2.45) is 0 Å². The third-order valence-corrected chi connectivity index (χ3v) is 6.57. The van der Waals surface area contributed by atoms with Crippen LogP contribution in [0.4, 0.5) is 0 Å². The Hall–Kier alpha value is -1.11. The summed E-state index contributed by atoms with van der Waals surface area (Å²) in [4.78, 5) is 0.342. The van der Waals surface area contributed by atoms with Crippen LogP contribution in [0.5, 0.6) is 0 Å². The summed E-state index contributed by atoms with van der Waals surface area (Å²) in [5, 5.41) is 0. The minimum atomic E-state index is -3.46. The lowest BCUT2D eigenvalue weighted by atomic mass is 10.2. The molecule has 3 rings (SSSR count). The van der Waals surface area contributed by atoms with E-state index in [1.165, 1.54) is 5.69 Å². The molecule has 0 fully saturated rings. The summed E-state index contributed by atoms with van der Waals surface area (Å²) in [6.45, 7) is 5.20. The summed E-state index contributed by atoms with van der Waals surface area (Å²) in [7, 11) is -3.46. The van der Waals surface area contributed by atoms with E-state index in [1.807, 2.05) is 19.1 Å². The molecule has 1 aromatic heterocycles. The van der Waals surface area contributed by atoms with Crippen molar-refractivity contribution in [3.05, 3.63) is 52.3 Å². The Kier molecular flexibility index (Phi) is 3.71. The molecule has 0 radical (unpaired) electrons. The van der Waals surface area contributed by atoms with Gasteiger partial charge in [0.2, 0.25) is 10.0 Å². The van der Waals surface area contributed by atoms with Crippen LogP contribution in [0.15, 0.2) is 45.8 Å². The molecule has 21 heavy (non-hydrogen) atoms. The van der Waals surface area contributed by atoms with Crippen LogP contribution >= 0.6 is 15.9 Å². The van der Waals surface area contributed by atoms with Gasteiger partial charge in [0.15, 0.2) is 0 Å². The first-order chi connectivity index (χ1) is 9.91. The van der Waals surface area contributed by atoms with Crippen LogP contribution in [0.3, 0.4) is 0 Å². The van der Waals surface area contributed by atoms with Crippen molar-refractivity contribution in [2.75, 3.05) is 6.54 Å². The van der Waals surface area contributed by atoms with Gasteiger partial charge in [0, 0.05) is 29.0 Å². The maximum Gasteiger partial charge on any atom is 0.243 e. The molecule has 0 aliphatic carbocycles. The van der Waals surface area contributed by atoms with Gasteiger partial charge in [0.25, 0.3) is 0 Å². The molecule has 2 heterocycles. The van der Waals surface area contributed by atoms with E-state index in [0.29, 0.717) is 18.0 Å². The van der Waals surface area contributed by atoms with Gasteiger partial charge < -0.3 is 4.57 Å². The number of sulfonamides is 1. The van der Waals surface area contributed by atoms with Gasteiger partial charge in [0.1, 0.15) is 0 Å². The molecular weight excluding hydrogens is 352 g/mol. The van der Waals surface area contributed by atoms with Gasteiger partial charge >= 0.3 is 0 Å². The van der Waals surface area contributed by atoms with Crippen LogP contribution in [-0.4, -0.2) is 23.8 Å². The Morgan fingerprint density at radius 2 is 1.76 bits per heavy atom. The van der Waals surface area contributed by atoms with E-state index in [0.717, 1.165) is 10.2 Å². The van der Waals surface area contributed by atoms with Gasteiger partial charge in [-0.2, -0.15) is 4.31 Å². The highest BCUT2D eigenvalue weighted by Crippen LogP contribution is 2.32. The number of rotatable bonds is 2. The molecule has 4 nitrogen and oxygen atoms in total. The maximum absolute atomic E-state index is 12.8. The first kappa shape index (κ1) is 14.8. The molecular formula is C15H17BrN2O2S. The predicted molar refractivity (Wildman–Crippen MR) is 85.6 cm³/mol. The number of hydrogen-bond acceptors (Lipinski definition) is 2. The predicted octanol–water partition coefficient (Wildman–Crippen LogP) is 3.32. The topological polar surface area (TPSA) is 42.3 Å². The Balaban J connectivity index is 1.99. The van der Waals surface area contributed by atoms with E-state index in [9.17, 15) is 8.42 Å². The standard InChI is InChI=1S/C15H17BrN2O2S/c1-11-3-8-15-12(2)18(10-9-17(11)15)21(19,20)14-6-4-13(16)5-7-14/h3-8,12H,9-10H2,1-2H3/t12-/m1/s1. The summed E-state index contributed by atoms with van der Waals surface area (Å²) in [5.41, 5.74) is 2.23. The average Bonchev–Trinajstić information content (AvgIpc) is 2.82. The van der Waals surface area contributed by atoms with Gasteiger partial charge in [-0.05, 0) is 50.2 Å². The molecule has 0 unspecified atom stereocenters. The molecule has 0 saturated carbocycles. The van der Waals surface area contributed by atoms with Gasteiger partial charge in [-0.15, -0.1) is 0 Å². The minimum Gasteiger partial charge on any atom is -0.346 e. The summed E-state index contributed by atoms with van der Waals surface area (Å²) in [6, 6.07) is 10.7. The summed E-state index contributed by atoms with van der Waals surface area (Å²) < 4.78 is 30.3. The summed E-state index contributed by atoms with van der Waals surface area (Å²) >= 11 is 3.33. The van der Waals surface area contributed by atoms with Crippen LogP contribution in [0.1, 0.15) is 24.4 Å². The smallest absolute Gasteiger partial charge is 0.243 e. The van der Waals surface area contributed by atoms with Gasteiger partial charge in [0.05, 0.1) is 10.9 Å². The van der Waals surface area contributed by atoms with E-state index in [1.54, 1.807) is 28.6 Å². The van der Waals surface area contributed by atoms with Crippen LogP contribution in [0.25, 0.3) is 0 Å². The Bertz CT molecular complexity index is 765. The van der Waals surface area contributed by atoms with Gasteiger partial charge in [-0.1, -0.05) is 15.9 Å². The van der Waals surface area contributed by atoms with Crippen LogP contribution in [-0.2, 0) is 16.6 Å². The van der Waals surface area contributed by atoms with Crippen molar-refractivity contribution in [3.8, 4) is 0 Å². The fraction of sp³-hybridized carbons (Fsp3) is 0.333. The monoisotopic (exact) mass is 368 g/mol. The van der Waals surface area contributed by atoms with E-state index < -0.39 is 10.0 Å². The van der Waals surface area contributed by atoms with Crippen LogP contribution in [0.2, 0.25) is 0 Å². The Morgan fingerprint density at radius 1 is 1.10 bits per heavy atom. The highest BCUT2D eigenvalue weighted by molar-refractivity contribution is 9.10. The number of fused-ring (bicyclic) bond motifs is 1. The van der Waals surface area contributed by atoms with Crippen molar-refractivity contribution >= 4 is 26.0 Å². The zero-order valence-corrected chi connectivity index (χ0v) is 14.4. The fourth-order valence-corrected chi connectivity index (χ4v) is 4.73. The highest BCUT2D eigenvalue weighted by Gasteiger charge is 2.34. The number of aryl methyl sites for hydroxylation is 1. The zero-order valence-electron chi connectivity index (χ0n) is 12.0. The second-order valence-electron chi connectivity index (χ2n) is 5.30. The van der Waals surface area contributed by atoms with E-state index in [2.05, 4.69) is 27.4 Å². The molecule has 1 aliphatic rings. The van der Waals surface area contributed by atoms with E-state index in [-0.39, 0.29) is 6.04 Å². The normalized spacial score (nSPS) is 19.5. The number of halogens is 1. The summed E-state index contributed by atoms with van der Waals surface area (Å²) in [5.74, 6) is 0. The molecule has 0 spiro atoms. The Labute approximate surface area is 133 Å². The third-order valence-electron chi connectivity index (χ3n) is 4.06. The van der Waals surface area contributed by atoms with Gasteiger partial charge in [-0.3, -0.25) is 0 Å². The molecule has 1 aromatic carbocycles. The first-order valence-electron chi connectivity index (χ1n) is 6.84. The van der Waals surface area contributed by atoms with Crippen molar-refractivity contribution in [1.29, 1.82) is 0 Å². The second-order valence-corrected chi connectivity index (χ2v) is 8.10. The lowest BCUT2D eigenvalue weighted by molar-refractivity contribution is 0.280. The molecule has 0 saturated heterocycles. The number of nitrogens with zero attached hydrogens (tertiary/aromatic N) is 2. The van der Waals surface area contributed by atoms with Crippen molar-refractivity contribution in [1.82, 2.24) is 8.87 Å². The molecule has 1 atom stereocenters. The van der Waals surface area contributed by atoms with Crippen molar-refractivity contribution in [3.63, 3.8) is 0 Å². The highest BCUT2D eigenvalue weighted by atomic mass is 79.9. The van der Waals surface area contributed by atoms with E-state index >= 15 is 0 Å². The van der Waals surface area contributed by atoms with Crippen molar-refractivity contribution in [2.45, 2.75) is 31.3 Å². The Morgan fingerprint density at radius 3 is 2.43 bits per heavy atom. The zero-order chi connectivity index (χ0) is 15.2. The van der Waals surface area contributed by atoms with Crippen LogP contribution < -0.4 is 0 Å². The minimum absolute atomic E-state index is 0.152. The quantitative estimate of drug-likeness (QED) is 0.815. The molecule has 112 valence electrons. The number of hydrogen-bond donors (Lipinski definition) is 0. The molecule has 1 aliphatic heterocycles. The maximum atomic E-state index is 12.8. The lowest BCUT2D eigenvalue weighted by Gasteiger charge is -2.34. The molecule has 0 amide bonds. The average molecular weight is 369 g/mol. The van der Waals surface area contributed by atoms with Gasteiger partial charge in [-0.25, -0.2) is 8.42 Å². The summed E-state index contributed by atoms with van der Waals surface area (Å²) in [6.07, 6.45) is 0. The SMILES string of the molecule is Cc1ccc2n1CCN(S(=O)(=O)c1ccc(Br)cc1)[C@@H]2C.